The van der Waals surface area contributed by atoms with Crippen molar-refractivity contribution in [1.82, 2.24) is 0 Å². The summed E-state index contributed by atoms with van der Waals surface area (Å²) in [6, 6.07) is 45.9. The highest BCUT2D eigenvalue weighted by Crippen LogP contribution is 2.46. The van der Waals surface area contributed by atoms with Gasteiger partial charge in [-0.2, -0.15) is 0 Å². The normalized spacial score (nSPS) is 10.6. The number of carbonyl (C=O) groups excluding carboxylic acids is 6. The molecule has 0 radical (unpaired) electrons. The Bertz CT molecular complexity index is 3160. The number of hydrogen-bond donors (Lipinski definition) is 0. The molecular weight excluding hydrogens is 921 g/mol. The maximum atomic E-state index is 13.9. The molecule has 8 aromatic carbocycles. The van der Waals surface area contributed by atoms with E-state index in [1.807, 2.05) is 60.7 Å². The first-order valence-corrected chi connectivity index (χ1v) is 22.0. The summed E-state index contributed by atoms with van der Waals surface area (Å²) in [6.45, 7) is 9.40. The first kappa shape index (κ1) is 48.6. The van der Waals surface area contributed by atoms with Crippen LogP contribution in [0.15, 0.2) is 194 Å². The zero-order valence-corrected chi connectivity index (χ0v) is 38.7. The first-order valence-electron chi connectivity index (χ1n) is 22.0. The fraction of sp³-hybridized carbons (Fsp3) is 0.0690. The van der Waals surface area contributed by atoms with E-state index in [0.29, 0.717) is 33.4 Å². The standard InChI is InChI=1S/C58H42O14/c1-35(2)53(59)67-33-65-43-23-13-39(14-24-43)55(61)69-45-27-17-41(18-28-45)57(63)71-49-31-21-37-9-5-7-11-47(37)51(49)52-48-12-8-6-10-38(48)22-32-50(52)72-58(64)42-19-29-46(30-20-42)70-56(62)40-15-25-44(26-16-40)66-34-68-54(60)36(3)4/h5-32H,1,3,33-34H2,2,4H3. The molecule has 358 valence electrons. The minimum Gasteiger partial charge on any atom is -0.457 e. The number of esters is 6. The van der Waals surface area contributed by atoms with Crippen molar-refractivity contribution in [2.24, 2.45) is 0 Å². The van der Waals surface area contributed by atoms with Gasteiger partial charge in [0.2, 0.25) is 13.6 Å². The minimum absolute atomic E-state index is 0.157. The summed E-state index contributed by atoms with van der Waals surface area (Å²) in [5.74, 6) is -2.50. The highest BCUT2D eigenvalue weighted by atomic mass is 16.7. The SMILES string of the molecule is C=C(C)C(=O)OCOc1ccc(C(=O)Oc2ccc(C(=O)Oc3ccc4ccccc4c3-c3c(OC(=O)c4ccc(OC(=O)c5ccc(OCOC(=O)C(=C)C)cc5)cc4)ccc4ccccc34)cc2)cc1. The Morgan fingerprint density at radius 1 is 0.361 bits per heavy atom. The fourth-order valence-electron chi connectivity index (χ4n) is 7.08. The maximum absolute atomic E-state index is 13.9. The number of hydrogen-bond acceptors (Lipinski definition) is 14. The van der Waals surface area contributed by atoms with Crippen LogP contribution in [0.3, 0.4) is 0 Å². The average Bonchev–Trinajstić information content (AvgIpc) is 3.39. The monoisotopic (exact) mass is 962 g/mol. The van der Waals surface area contributed by atoms with Gasteiger partial charge in [-0.3, -0.25) is 0 Å². The molecule has 14 heteroatoms. The zero-order valence-electron chi connectivity index (χ0n) is 38.7. The quantitative estimate of drug-likeness (QED) is 0.0364. The van der Waals surface area contributed by atoms with Gasteiger partial charge in [-0.05, 0) is 145 Å². The van der Waals surface area contributed by atoms with Crippen molar-refractivity contribution in [1.29, 1.82) is 0 Å². The molecule has 0 N–H and O–H groups in total. The maximum Gasteiger partial charge on any atom is 0.343 e. The van der Waals surface area contributed by atoms with Crippen LogP contribution in [0, 0.1) is 0 Å². The minimum atomic E-state index is -0.710. The Morgan fingerprint density at radius 3 is 1.00 bits per heavy atom. The molecule has 0 fully saturated rings. The van der Waals surface area contributed by atoms with Crippen LogP contribution in [0.2, 0.25) is 0 Å². The second-order valence-electron chi connectivity index (χ2n) is 15.9. The molecule has 8 aromatic rings. The summed E-state index contributed by atoms with van der Waals surface area (Å²) in [5, 5.41) is 3.07. The van der Waals surface area contributed by atoms with Gasteiger partial charge < -0.3 is 37.9 Å². The van der Waals surface area contributed by atoms with Gasteiger partial charge in [-0.1, -0.05) is 73.8 Å². The van der Waals surface area contributed by atoms with Crippen LogP contribution >= 0.6 is 0 Å². The number of rotatable bonds is 17. The van der Waals surface area contributed by atoms with Gasteiger partial charge in [0.1, 0.15) is 34.5 Å². The largest absolute Gasteiger partial charge is 0.457 e. The zero-order chi connectivity index (χ0) is 50.7. The molecule has 14 nitrogen and oxygen atoms in total. The number of fused-ring (bicyclic) bond motifs is 2. The molecule has 0 aliphatic carbocycles. The number of carbonyl (C=O) groups is 6. The smallest absolute Gasteiger partial charge is 0.343 e. The summed E-state index contributed by atoms with van der Waals surface area (Å²) in [7, 11) is 0. The van der Waals surface area contributed by atoms with Crippen molar-refractivity contribution in [3.63, 3.8) is 0 Å². The summed E-state index contributed by atoms with van der Waals surface area (Å²) in [6.07, 6.45) is 0. The van der Waals surface area contributed by atoms with E-state index in [2.05, 4.69) is 13.2 Å². The van der Waals surface area contributed by atoms with Gasteiger partial charge in [0.15, 0.2) is 0 Å². The molecule has 0 unspecified atom stereocenters. The second-order valence-corrected chi connectivity index (χ2v) is 15.9. The van der Waals surface area contributed by atoms with E-state index in [9.17, 15) is 28.8 Å². The predicted octanol–water partition coefficient (Wildman–Crippen LogP) is 11.4. The van der Waals surface area contributed by atoms with E-state index in [0.717, 1.165) is 10.8 Å². The molecule has 0 aliphatic heterocycles. The van der Waals surface area contributed by atoms with Crippen molar-refractivity contribution in [2.75, 3.05) is 13.6 Å². The Kier molecular flexibility index (Phi) is 14.9. The fourth-order valence-corrected chi connectivity index (χ4v) is 7.08. The van der Waals surface area contributed by atoms with E-state index < -0.39 is 35.8 Å². The van der Waals surface area contributed by atoms with E-state index in [-0.39, 0.29) is 70.0 Å². The van der Waals surface area contributed by atoms with Crippen molar-refractivity contribution in [2.45, 2.75) is 13.8 Å². The van der Waals surface area contributed by atoms with E-state index in [4.69, 9.17) is 37.9 Å². The van der Waals surface area contributed by atoms with Crippen molar-refractivity contribution < 1.29 is 66.7 Å². The van der Waals surface area contributed by atoms with Gasteiger partial charge >= 0.3 is 35.8 Å². The van der Waals surface area contributed by atoms with Gasteiger partial charge in [0.05, 0.1) is 22.3 Å². The molecule has 8 rings (SSSR count). The van der Waals surface area contributed by atoms with Crippen molar-refractivity contribution in [3.8, 4) is 45.6 Å². The lowest BCUT2D eigenvalue weighted by molar-refractivity contribution is -0.146. The van der Waals surface area contributed by atoms with Crippen LogP contribution in [-0.4, -0.2) is 49.4 Å². The highest BCUT2D eigenvalue weighted by molar-refractivity contribution is 6.11. The van der Waals surface area contributed by atoms with Gasteiger partial charge in [0.25, 0.3) is 0 Å². The number of benzene rings is 8. The molecule has 0 bridgehead atoms. The van der Waals surface area contributed by atoms with Crippen molar-refractivity contribution in [3.05, 3.63) is 216 Å². The summed E-state index contributed by atoms with van der Waals surface area (Å²) < 4.78 is 44.0. The number of ether oxygens (including phenoxy) is 8. The van der Waals surface area contributed by atoms with Gasteiger partial charge in [-0.15, -0.1) is 0 Å². The molecule has 0 spiro atoms. The second kappa shape index (κ2) is 22.1. The molecule has 0 aliphatic rings. The van der Waals surface area contributed by atoms with Crippen LogP contribution in [0.1, 0.15) is 55.3 Å². The van der Waals surface area contributed by atoms with E-state index in [1.54, 1.807) is 12.1 Å². The van der Waals surface area contributed by atoms with Crippen LogP contribution in [0.25, 0.3) is 32.7 Å². The Morgan fingerprint density at radius 2 is 0.667 bits per heavy atom. The first-order chi connectivity index (χ1) is 34.8. The van der Waals surface area contributed by atoms with Gasteiger partial charge in [-0.25, -0.2) is 28.8 Å². The predicted molar refractivity (Wildman–Crippen MR) is 265 cm³/mol. The Labute approximate surface area is 412 Å². The van der Waals surface area contributed by atoms with Crippen LogP contribution in [-0.2, 0) is 19.1 Å². The Hall–Kier alpha value is -9.82. The van der Waals surface area contributed by atoms with Crippen molar-refractivity contribution >= 4 is 57.4 Å². The third kappa shape index (κ3) is 11.7. The van der Waals surface area contributed by atoms with Crippen LogP contribution < -0.4 is 28.4 Å². The molecule has 0 amide bonds. The third-order valence-electron chi connectivity index (χ3n) is 10.7. The Balaban J connectivity index is 0.975. The molecule has 0 atom stereocenters. The van der Waals surface area contributed by atoms with Crippen LogP contribution in [0.5, 0.6) is 34.5 Å². The molecule has 0 saturated heterocycles. The highest BCUT2D eigenvalue weighted by Gasteiger charge is 2.24. The van der Waals surface area contributed by atoms with Crippen LogP contribution in [0.4, 0.5) is 0 Å². The lowest BCUT2D eigenvalue weighted by Crippen LogP contribution is -2.12. The van der Waals surface area contributed by atoms with E-state index in [1.165, 1.54) is 111 Å². The average molecular weight is 963 g/mol. The summed E-state index contributed by atoms with van der Waals surface area (Å²) in [4.78, 5) is 76.9. The topological polar surface area (TPSA) is 176 Å². The van der Waals surface area contributed by atoms with Gasteiger partial charge in [0, 0.05) is 22.3 Å². The molecule has 0 heterocycles. The molecule has 0 aromatic heterocycles. The third-order valence-corrected chi connectivity index (χ3v) is 10.7. The lowest BCUT2D eigenvalue weighted by atomic mass is 9.92. The lowest BCUT2D eigenvalue weighted by Gasteiger charge is -2.19. The molecule has 0 saturated carbocycles. The molecular formula is C58H42O14. The summed E-state index contributed by atoms with van der Waals surface area (Å²) >= 11 is 0. The molecule has 72 heavy (non-hydrogen) atoms. The summed E-state index contributed by atoms with van der Waals surface area (Å²) in [5.41, 5.74) is 2.21. The van der Waals surface area contributed by atoms with E-state index >= 15 is 0 Å².